The van der Waals surface area contributed by atoms with Gasteiger partial charge in [0.2, 0.25) is 5.88 Å². The average molecular weight is 239 g/mol. The Morgan fingerprint density at radius 3 is 2.71 bits per heavy atom. The predicted octanol–water partition coefficient (Wildman–Crippen LogP) is 0.741. The molecule has 0 spiro atoms. The molecule has 1 N–H and O–H groups in total. The van der Waals surface area contributed by atoms with Gasteiger partial charge in [-0.1, -0.05) is 0 Å². The van der Waals surface area contributed by atoms with Gasteiger partial charge in [0, 0.05) is 27.4 Å². The zero-order valence-corrected chi connectivity index (χ0v) is 10.5. The van der Waals surface area contributed by atoms with Crippen LogP contribution in [0.1, 0.15) is 0 Å². The van der Waals surface area contributed by atoms with Crippen LogP contribution in [0.25, 0.3) is 0 Å². The molecule has 0 unspecified atom stereocenters. The lowest BCUT2D eigenvalue weighted by Crippen LogP contribution is -2.20. The van der Waals surface area contributed by atoms with Gasteiger partial charge in [0.15, 0.2) is 0 Å². The highest BCUT2D eigenvalue weighted by molar-refractivity contribution is 5.96. The van der Waals surface area contributed by atoms with Crippen molar-refractivity contribution in [3.63, 3.8) is 0 Å². The molecule has 0 radical (unpaired) electrons. The van der Waals surface area contributed by atoms with Crippen LogP contribution in [-0.4, -0.2) is 45.8 Å². The van der Waals surface area contributed by atoms with Gasteiger partial charge in [0.25, 0.3) is 5.91 Å². The van der Waals surface area contributed by atoms with E-state index in [-0.39, 0.29) is 12.5 Å². The van der Waals surface area contributed by atoms with Crippen molar-refractivity contribution in [2.75, 3.05) is 45.1 Å². The normalized spacial score (nSPS) is 9.88. The number of rotatable bonds is 5. The number of aromatic nitrogens is 1. The summed E-state index contributed by atoms with van der Waals surface area (Å²) in [5, 5.41) is 2.72. The van der Waals surface area contributed by atoms with E-state index in [1.165, 1.54) is 14.2 Å². The molecule has 1 aromatic rings. The first-order valence-electron chi connectivity index (χ1n) is 5.09. The summed E-state index contributed by atoms with van der Waals surface area (Å²) in [4.78, 5) is 17.4. The van der Waals surface area contributed by atoms with Crippen LogP contribution in [0, 0.1) is 0 Å². The summed E-state index contributed by atoms with van der Waals surface area (Å²) in [5.74, 6) is 0.127. The number of pyridine rings is 1. The quantitative estimate of drug-likeness (QED) is 0.821. The number of hydrogen-bond donors (Lipinski definition) is 1. The number of nitrogens with one attached hydrogen (secondary N) is 1. The second kappa shape index (κ2) is 6.05. The number of carbonyl (C=O) groups excluding carboxylic acids is 1. The molecule has 0 aromatic carbocycles. The summed E-state index contributed by atoms with van der Waals surface area (Å²) in [5.41, 5.74) is 1.36. The number of amides is 1. The van der Waals surface area contributed by atoms with E-state index in [0.29, 0.717) is 11.6 Å². The summed E-state index contributed by atoms with van der Waals surface area (Å²) in [7, 11) is 6.72. The van der Waals surface area contributed by atoms with Gasteiger partial charge in [-0.2, -0.15) is 0 Å². The van der Waals surface area contributed by atoms with Crippen LogP contribution in [-0.2, 0) is 9.53 Å². The lowest BCUT2D eigenvalue weighted by atomic mass is 10.3. The summed E-state index contributed by atoms with van der Waals surface area (Å²) in [6.45, 7) is -0.00901. The van der Waals surface area contributed by atoms with E-state index >= 15 is 0 Å². The number of anilines is 2. The van der Waals surface area contributed by atoms with E-state index in [9.17, 15) is 4.79 Å². The smallest absolute Gasteiger partial charge is 0.250 e. The van der Waals surface area contributed by atoms with Crippen LogP contribution >= 0.6 is 0 Å². The van der Waals surface area contributed by atoms with Crippen LogP contribution in [0.15, 0.2) is 12.3 Å². The predicted molar refractivity (Wildman–Crippen MR) is 65.6 cm³/mol. The lowest BCUT2D eigenvalue weighted by Gasteiger charge is -2.19. The van der Waals surface area contributed by atoms with Crippen molar-refractivity contribution in [2.45, 2.75) is 0 Å². The minimum absolute atomic E-state index is 0.00901. The molecule has 1 rings (SSSR count). The first-order chi connectivity index (χ1) is 8.10. The molecular weight excluding hydrogens is 222 g/mol. The molecule has 1 aromatic heterocycles. The number of ether oxygens (including phenoxy) is 2. The van der Waals surface area contributed by atoms with Crippen LogP contribution < -0.4 is 15.0 Å². The number of nitrogens with zero attached hydrogens (tertiary/aromatic N) is 2. The van der Waals surface area contributed by atoms with Crippen LogP contribution in [0.3, 0.4) is 0 Å². The van der Waals surface area contributed by atoms with E-state index in [4.69, 9.17) is 9.47 Å². The molecule has 0 aliphatic carbocycles. The molecule has 0 aliphatic rings. The Hall–Kier alpha value is -1.82. The van der Waals surface area contributed by atoms with Gasteiger partial charge in [0.05, 0.1) is 12.8 Å². The Bertz CT molecular complexity index is 394. The Kier molecular flexibility index (Phi) is 4.71. The Balaban J connectivity index is 3.04. The third kappa shape index (κ3) is 3.32. The van der Waals surface area contributed by atoms with Gasteiger partial charge in [0.1, 0.15) is 12.3 Å². The maximum Gasteiger partial charge on any atom is 0.250 e. The lowest BCUT2D eigenvalue weighted by molar-refractivity contribution is -0.119. The molecule has 6 heteroatoms. The maximum atomic E-state index is 11.5. The van der Waals surface area contributed by atoms with Gasteiger partial charge in [-0.15, -0.1) is 0 Å². The zero-order valence-electron chi connectivity index (χ0n) is 10.5. The third-order valence-electron chi connectivity index (χ3n) is 2.11. The van der Waals surface area contributed by atoms with Gasteiger partial charge in [-0.3, -0.25) is 4.79 Å². The van der Waals surface area contributed by atoms with Crippen molar-refractivity contribution in [3.8, 4) is 5.88 Å². The third-order valence-corrected chi connectivity index (χ3v) is 2.11. The van der Waals surface area contributed by atoms with Crippen molar-refractivity contribution in [1.82, 2.24) is 4.98 Å². The molecule has 0 bridgehead atoms. The fourth-order valence-corrected chi connectivity index (χ4v) is 1.38. The molecule has 0 saturated carbocycles. The minimum atomic E-state index is -0.248. The number of methoxy groups -OCH3 is 2. The summed E-state index contributed by atoms with van der Waals surface area (Å²) in [6, 6.07) is 1.80. The molecule has 0 aliphatic heterocycles. The number of hydrogen-bond acceptors (Lipinski definition) is 5. The van der Waals surface area contributed by atoms with E-state index < -0.39 is 0 Å². The van der Waals surface area contributed by atoms with E-state index in [0.717, 1.165) is 5.69 Å². The van der Waals surface area contributed by atoms with Crippen LogP contribution in [0.5, 0.6) is 5.88 Å². The Labute approximate surface area is 101 Å². The molecule has 6 nitrogen and oxygen atoms in total. The molecule has 1 heterocycles. The molecule has 1 amide bonds. The average Bonchev–Trinajstić information content (AvgIpc) is 2.29. The van der Waals surface area contributed by atoms with Crippen molar-refractivity contribution in [1.29, 1.82) is 0 Å². The fraction of sp³-hybridized carbons (Fsp3) is 0.455. The first kappa shape index (κ1) is 13.2. The SMILES string of the molecule is COCC(=O)Nc1c(N(C)C)ccnc1OC. The standard InChI is InChI=1S/C11H17N3O3/c1-14(2)8-5-6-12-11(17-4)10(8)13-9(15)7-16-3/h5-6H,7H2,1-4H3,(H,13,15). The largest absolute Gasteiger partial charge is 0.479 e. The summed E-state index contributed by atoms with van der Waals surface area (Å²) in [6.07, 6.45) is 1.63. The summed E-state index contributed by atoms with van der Waals surface area (Å²) < 4.78 is 9.88. The van der Waals surface area contributed by atoms with E-state index in [1.807, 2.05) is 19.0 Å². The van der Waals surface area contributed by atoms with E-state index in [2.05, 4.69) is 10.3 Å². The highest BCUT2D eigenvalue weighted by Crippen LogP contribution is 2.31. The topological polar surface area (TPSA) is 63.7 Å². The first-order valence-corrected chi connectivity index (χ1v) is 5.09. The van der Waals surface area contributed by atoms with Gasteiger partial charge < -0.3 is 19.7 Å². The van der Waals surface area contributed by atoms with Crippen molar-refractivity contribution in [2.24, 2.45) is 0 Å². The van der Waals surface area contributed by atoms with Gasteiger partial charge in [-0.05, 0) is 6.07 Å². The van der Waals surface area contributed by atoms with E-state index in [1.54, 1.807) is 12.3 Å². The van der Waals surface area contributed by atoms with Gasteiger partial charge >= 0.3 is 0 Å². The molecule has 0 atom stereocenters. The molecule has 17 heavy (non-hydrogen) atoms. The molecule has 0 fully saturated rings. The van der Waals surface area contributed by atoms with Crippen molar-refractivity contribution < 1.29 is 14.3 Å². The summed E-state index contributed by atoms with van der Waals surface area (Å²) >= 11 is 0. The second-order valence-corrected chi connectivity index (χ2v) is 3.59. The maximum absolute atomic E-state index is 11.5. The van der Waals surface area contributed by atoms with Crippen molar-refractivity contribution in [3.05, 3.63) is 12.3 Å². The Morgan fingerprint density at radius 2 is 2.18 bits per heavy atom. The van der Waals surface area contributed by atoms with Crippen LogP contribution in [0.4, 0.5) is 11.4 Å². The van der Waals surface area contributed by atoms with Crippen molar-refractivity contribution >= 4 is 17.3 Å². The highest BCUT2D eigenvalue weighted by atomic mass is 16.5. The monoisotopic (exact) mass is 239 g/mol. The minimum Gasteiger partial charge on any atom is -0.479 e. The van der Waals surface area contributed by atoms with Gasteiger partial charge in [-0.25, -0.2) is 4.98 Å². The Morgan fingerprint density at radius 1 is 1.47 bits per heavy atom. The number of carbonyl (C=O) groups is 1. The second-order valence-electron chi connectivity index (χ2n) is 3.59. The molecular formula is C11H17N3O3. The molecule has 0 saturated heterocycles. The van der Waals surface area contributed by atoms with Crippen LogP contribution in [0.2, 0.25) is 0 Å². The fourth-order valence-electron chi connectivity index (χ4n) is 1.38. The molecule has 94 valence electrons. The zero-order chi connectivity index (χ0) is 12.8. The highest BCUT2D eigenvalue weighted by Gasteiger charge is 2.14.